The van der Waals surface area contributed by atoms with Crippen LogP contribution < -0.4 is 0 Å². The van der Waals surface area contributed by atoms with Gasteiger partial charge in [-0.05, 0) is 31.4 Å². The number of halogens is 1. The SMILES string of the molecule is CCc1noc(C)c1C(=O)N1CCCN(Cc2cccc(O)c2Cl)CC1. The van der Waals surface area contributed by atoms with E-state index in [0.717, 1.165) is 30.8 Å². The van der Waals surface area contributed by atoms with E-state index < -0.39 is 0 Å². The normalized spacial score (nSPS) is 15.9. The number of aryl methyl sites for hydroxylation is 2. The van der Waals surface area contributed by atoms with Crippen LogP contribution >= 0.6 is 11.6 Å². The molecule has 1 aromatic heterocycles. The molecule has 1 fully saturated rings. The van der Waals surface area contributed by atoms with Gasteiger partial charge in [0.1, 0.15) is 17.1 Å². The van der Waals surface area contributed by atoms with E-state index >= 15 is 0 Å². The maximum absolute atomic E-state index is 12.9. The summed E-state index contributed by atoms with van der Waals surface area (Å²) in [5.41, 5.74) is 2.23. The van der Waals surface area contributed by atoms with Crippen LogP contribution in [0.25, 0.3) is 0 Å². The summed E-state index contributed by atoms with van der Waals surface area (Å²) in [6.45, 7) is 7.38. The Morgan fingerprint density at radius 1 is 1.31 bits per heavy atom. The summed E-state index contributed by atoms with van der Waals surface area (Å²) in [7, 11) is 0. The third kappa shape index (κ3) is 3.86. The quantitative estimate of drug-likeness (QED) is 0.885. The van der Waals surface area contributed by atoms with Crippen molar-refractivity contribution < 1.29 is 14.4 Å². The third-order valence-corrected chi connectivity index (χ3v) is 5.25. The summed E-state index contributed by atoms with van der Waals surface area (Å²) < 4.78 is 5.21. The number of hydrogen-bond acceptors (Lipinski definition) is 5. The van der Waals surface area contributed by atoms with Crippen LogP contribution in [0.5, 0.6) is 5.75 Å². The molecule has 2 aromatic rings. The Kier molecular flexibility index (Phi) is 5.84. The molecule has 3 rings (SSSR count). The second-order valence-electron chi connectivity index (χ2n) is 6.59. The zero-order valence-electron chi connectivity index (χ0n) is 15.2. The lowest BCUT2D eigenvalue weighted by Gasteiger charge is -2.22. The summed E-state index contributed by atoms with van der Waals surface area (Å²) in [5, 5.41) is 14.2. The lowest BCUT2D eigenvalue weighted by Crippen LogP contribution is -2.35. The molecule has 1 amide bonds. The summed E-state index contributed by atoms with van der Waals surface area (Å²) in [6, 6.07) is 5.30. The van der Waals surface area contributed by atoms with E-state index in [4.69, 9.17) is 16.1 Å². The number of carbonyl (C=O) groups excluding carboxylic acids is 1. The number of aromatic nitrogens is 1. The Bertz CT molecular complexity index is 790. The van der Waals surface area contributed by atoms with Gasteiger partial charge < -0.3 is 14.5 Å². The highest BCUT2D eigenvalue weighted by atomic mass is 35.5. The van der Waals surface area contributed by atoms with Gasteiger partial charge in [-0.15, -0.1) is 0 Å². The first-order valence-electron chi connectivity index (χ1n) is 8.94. The van der Waals surface area contributed by atoms with Crippen molar-refractivity contribution in [2.24, 2.45) is 0 Å². The molecular weight excluding hydrogens is 354 g/mol. The molecular formula is C19H24ClN3O3. The lowest BCUT2D eigenvalue weighted by atomic mass is 10.1. The molecule has 1 aliphatic rings. The predicted octanol–water partition coefficient (Wildman–Crippen LogP) is 3.25. The fraction of sp³-hybridized carbons (Fsp3) is 0.474. The third-order valence-electron chi connectivity index (χ3n) is 4.81. The maximum atomic E-state index is 12.9. The Morgan fingerprint density at radius 2 is 2.12 bits per heavy atom. The standard InChI is InChI=1S/C19H24ClN3O3/c1-3-15-17(13(2)26-21-15)19(25)23-9-5-8-22(10-11-23)12-14-6-4-7-16(24)18(14)20/h4,6-7,24H,3,5,8-12H2,1-2H3. The van der Waals surface area contributed by atoms with Crippen molar-refractivity contribution in [3.05, 3.63) is 45.8 Å². The second kappa shape index (κ2) is 8.10. The average molecular weight is 378 g/mol. The van der Waals surface area contributed by atoms with Crippen molar-refractivity contribution in [3.8, 4) is 5.75 Å². The van der Waals surface area contributed by atoms with Gasteiger partial charge in [-0.2, -0.15) is 0 Å². The van der Waals surface area contributed by atoms with E-state index in [-0.39, 0.29) is 11.7 Å². The Balaban J connectivity index is 1.67. The Labute approximate surface area is 158 Å². The molecule has 0 unspecified atom stereocenters. The minimum atomic E-state index is -0.00200. The molecule has 1 saturated heterocycles. The van der Waals surface area contributed by atoms with Crippen molar-refractivity contribution >= 4 is 17.5 Å². The molecule has 7 heteroatoms. The van der Waals surface area contributed by atoms with Crippen molar-refractivity contribution in [3.63, 3.8) is 0 Å². The maximum Gasteiger partial charge on any atom is 0.259 e. The van der Waals surface area contributed by atoms with Crippen molar-refractivity contribution in [1.29, 1.82) is 0 Å². The van der Waals surface area contributed by atoms with Gasteiger partial charge in [0.25, 0.3) is 5.91 Å². The first-order chi connectivity index (χ1) is 12.5. The number of rotatable bonds is 4. The first kappa shape index (κ1) is 18.7. The first-order valence-corrected chi connectivity index (χ1v) is 9.32. The average Bonchev–Trinajstić information content (AvgIpc) is 2.85. The number of phenols is 1. The van der Waals surface area contributed by atoms with E-state index in [1.165, 1.54) is 0 Å². The van der Waals surface area contributed by atoms with Crippen LogP contribution in [0.3, 0.4) is 0 Å². The van der Waals surface area contributed by atoms with Crippen LogP contribution in [0, 0.1) is 6.92 Å². The molecule has 0 saturated carbocycles. The van der Waals surface area contributed by atoms with Crippen LogP contribution in [-0.2, 0) is 13.0 Å². The highest BCUT2D eigenvalue weighted by molar-refractivity contribution is 6.32. The van der Waals surface area contributed by atoms with Crippen molar-refractivity contribution in [1.82, 2.24) is 15.0 Å². The lowest BCUT2D eigenvalue weighted by molar-refractivity contribution is 0.0758. The number of carbonyl (C=O) groups is 1. The van der Waals surface area contributed by atoms with Crippen LogP contribution in [0.15, 0.2) is 22.7 Å². The molecule has 1 aliphatic heterocycles. The fourth-order valence-corrected chi connectivity index (χ4v) is 3.54. The fourth-order valence-electron chi connectivity index (χ4n) is 3.35. The van der Waals surface area contributed by atoms with Crippen LogP contribution in [-0.4, -0.2) is 52.1 Å². The topological polar surface area (TPSA) is 69.8 Å². The molecule has 6 nitrogen and oxygen atoms in total. The minimum absolute atomic E-state index is 0.00200. The van der Waals surface area contributed by atoms with Crippen molar-refractivity contribution in [2.75, 3.05) is 26.2 Å². The summed E-state index contributed by atoms with van der Waals surface area (Å²) >= 11 is 6.19. The van der Waals surface area contributed by atoms with E-state index in [2.05, 4.69) is 10.1 Å². The van der Waals surface area contributed by atoms with Gasteiger partial charge in [0.05, 0.1) is 10.7 Å². The summed E-state index contributed by atoms with van der Waals surface area (Å²) in [5.74, 6) is 0.683. The molecule has 0 spiro atoms. The molecule has 140 valence electrons. The monoisotopic (exact) mass is 377 g/mol. The zero-order valence-corrected chi connectivity index (χ0v) is 15.9. The number of benzene rings is 1. The highest BCUT2D eigenvalue weighted by Gasteiger charge is 2.26. The molecule has 26 heavy (non-hydrogen) atoms. The van der Waals surface area contributed by atoms with E-state index in [0.29, 0.717) is 42.4 Å². The van der Waals surface area contributed by atoms with Crippen LogP contribution in [0.4, 0.5) is 0 Å². The smallest absolute Gasteiger partial charge is 0.259 e. The molecule has 0 radical (unpaired) electrons. The van der Waals surface area contributed by atoms with Gasteiger partial charge in [0.15, 0.2) is 0 Å². The predicted molar refractivity (Wildman–Crippen MR) is 99.5 cm³/mol. The molecule has 2 heterocycles. The van der Waals surface area contributed by atoms with E-state index in [1.54, 1.807) is 19.1 Å². The number of phenolic OH excluding ortho intramolecular Hbond substituents is 1. The van der Waals surface area contributed by atoms with Gasteiger partial charge in [0, 0.05) is 32.7 Å². The molecule has 1 aromatic carbocycles. The number of hydrogen-bond donors (Lipinski definition) is 1. The molecule has 0 aliphatic carbocycles. The molecule has 1 N–H and O–H groups in total. The number of aromatic hydroxyl groups is 1. The van der Waals surface area contributed by atoms with Gasteiger partial charge in [-0.1, -0.05) is 35.8 Å². The van der Waals surface area contributed by atoms with Gasteiger partial charge in [0.2, 0.25) is 0 Å². The summed E-state index contributed by atoms with van der Waals surface area (Å²) in [6.07, 6.45) is 1.56. The van der Waals surface area contributed by atoms with Crippen LogP contribution in [0.1, 0.15) is 40.7 Å². The van der Waals surface area contributed by atoms with Gasteiger partial charge >= 0.3 is 0 Å². The Hall–Kier alpha value is -2.05. The summed E-state index contributed by atoms with van der Waals surface area (Å²) in [4.78, 5) is 17.1. The zero-order chi connectivity index (χ0) is 18.7. The largest absolute Gasteiger partial charge is 0.506 e. The highest BCUT2D eigenvalue weighted by Crippen LogP contribution is 2.28. The van der Waals surface area contributed by atoms with Crippen molar-refractivity contribution in [2.45, 2.75) is 33.2 Å². The van der Waals surface area contributed by atoms with E-state index in [1.807, 2.05) is 17.9 Å². The Morgan fingerprint density at radius 3 is 2.88 bits per heavy atom. The van der Waals surface area contributed by atoms with E-state index in [9.17, 15) is 9.90 Å². The second-order valence-corrected chi connectivity index (χ2v) is 6.96. The van der Waals surface area contributed by atoms with Gasteiger partial charge in [-0.25, -0.2) is 0 Å². The minimum Gasteiger partial charge on any atom is -0.506 e. The van der Waals surface area contributed by atoms with Crippen LogP contribution in [0.2, 0.25) is 5.02 Å². The molecule has 0 atom stereocenters. The van der Waals surface area contributed by atoms with Gasteiger partial charge in [-0.3, -0.25) is 9.69 Å². The molecule has 0 bridgehead atoms. The number of nitrogens with zero attached hydrogens (tertiary/aromatic N) is 3. The number of amides is 1.